The van der Waals surface area contributed by atoms with Gasteiger partial charge < -0.3 is 5.73 Å². The molecule has 1 aromatic carbocycles. The molecular weight excluding hydrogens is 341 g/mol. The molecule has 1 atom stereocenters. The first-order valence-corrected chi connectivity index (χ1v) is 6.27. The molecule has 2 N–H and O–H groups in total. The van der Waals surface area contributed by atoms with Gasteiger partial charge in [-0.1, -0.05) is 12.1 Å². The SMILES string of the molecule is NC(c1cccc(I)c1Br)C1CC1. The van der Waals surface area contributed by atoms with E-state index < -0.39 is 0 Å². The smallest absolute Gasteiger partial charge is 0.0356 e. The third-order valence-corrected chi connectivity index (χ3v) is 5.00. The van der Waals surface area contributed by atoms with Gasteiger partial charge in [0.15, 0.2) is 0 Å². The molecule has 0 bridgehead atoms. The molecule has 70 valence electrons. The van der Waals surface area contributed by atoms with Crippen molar-refractivity contribution in [3.63, 3.8) is 0 Å². The molecule has 1 aliphatic carbocycles. The third kappa shape index (κ3) is 2.07. The van der Waals surface area contributed by atoms with Crippen molar-refractivity contribution in [1.82, 2.24) is 0 Å². The fourth-order valence-electron chi connectivity index (χ4n) is 1.49. The van der Waals surface area contributed by atoms with E-state index in [2.05, 4.69) is 56.7 Å². The monoisotopic (exact) mass is 351 g/mol. The summed E-state index contributed by atoms with van der Waals surface area (Å²) < 4.78 is 2.42. The Kier molecular flexibility index (Phi) is 2.95. The number of hydrogen-bond donors (Lipinski definition) is 1. The van der Waals surface area contributed by atoms with Crippen LogP contribution in [0.5, 0.6) is 0 Å². The van der Waals surface area contributed by atoms with Crippen molar-refractivity contribution < 1.29 is 0 Å². The van der Waals surface area contributed by atoms with Crippen LogP contribution in [0, 0.1) is 9.49 Å². The molecule has 0 saturated heterocycles. The van der Waals surface area contributed by atoms with Crippen molar-refractivity contribution in [1.29, 1.82) is 0 Å². The Morgan fingerprint density at radius 1 is 1.46 bits per heavy atom. The van der Waals surface area contributed by atoms with E-state index >= 15 is 0 Å². The summed E-state index contributed by atoms with van der Waals surface area (Å²) in [5.41, 5.74) is 7.40. The van der Waals surface area contributed by atoms with Crippen LogP contribution in [-0.4, -0.2) is 0 Å². The Morgan fingerprint density at radius 2 is 2.15 bits per heavy atom. The second kappa shape index (κ2) is 3.87. The van der Waals surface area contributed by atoms with Crippen LogP contribution in [0.3, 0.4) is 0 Å². The van der Waals surface area contributed by atoms with Crippen LogP contribution in [0.1, 0.15) is 24.4 Å². The standard InChI is InChI=1S/C10H11BrIN/c11-9-7(2-1-3-8(9)12)10(13)6-4-5-6/h1-3,6,10H,4-5,13H2. The molecule has 0 aromatic heterocycles. The van der Waals surface area contributed by atoms with Gasteiger partial charge in [0.2, 0.25) is 0 Å². The molecule has 0 spiro atoms. The zero-order chi connectivity index (χ0) is 9.42. The van der Waals surface area contributed by atoms with Gasteiger partial charge in [-0.15, -0.1) is 0 Å². The zero-order valence-corrected chi connectivity index (χ0v) is 10.9. The van der Waals surface area contributed by atoms with Crippen molar-refractivity contribution in [2.45, 2.75) is 18.9 Å². The minimum absolute atomic E-state index is 0.226. The number of nitrogens with two attached hydrogens (primary N) is 1. The van der Waals surface area contributed by atoms with Crippen molar-refractivity contribution >= 4 is 38.5 Å². The first-order chi connectivity index (χ1) is 6.20. The average molecular weight is 352 g/mol. The maximum absolute atomic E-state index is 6.14. The Labute approximate surface area is 100 Å². The van der Waals surface area contributed by atoms with Crippen molar-refractivity contribution in [3.8, 4) is 0 Å². The van der Waals surface area contributed by atoms with Gasteiger partial charge in [0.1, 0.15) is 0 Å². The topological polar surface area (TPSA) is 26.0 Å². The summed E-state index contributed by atoms with van der Waals surface area (Å²) >= 11 is 5.91. The highest BCUT2D eigenvalue weighted by molar-refractivity contribution is 14.1. The molecule has 13 heavy (non-hydrogen) atoms. The zero-order valence-electron chi connectivity index (χ0n) is 7.13. The fraction of sp³-hybridized carbons (Fsp3) is 0.400. The van der Waals surface area contributed by atoms with Gasteiger partial charge in [-0.25, -0.2) is 0 Å². The van der Waals surface area contributed by atoms with E-state index in [1.807, 2.05) is 0 Å². The lowest BCUT2D eigenvalue weighted by Crippen LogP contribution is -2.13. The predicted molar refractivity (Wildman–Crippen MR) is 66.5 cm³/mol. The van der Waals surface area contributed by atoms with Gasteiger partial charge in [0.05, 0.1) is 0 Å². The normalized spacial score (nSPS) is 18.7. The van der Waals surface area contributed by atoms with Crippen molar-refractivity contribution in [2.24, 2.45) is 11.7 Å². The second-order valence-electron chi connectivity index (χ2n) is 3.51. The van der Waals surface area contributed by atoms with E-state index in [0.717, 1.165) is 5.92 Å². The maximum Gasteiger partial charge on any atom is 0.0356 e. The Morgan fingerprint density at radius 3 is 2.77 bits per heavy atom. The molecule has 1 fully saturated rings. The Balaban J connectivity index is 2.32. The minimum Gasteiger partial charge on any atom is -0.324 e. The molecule has 1 nitrogen and oxygen atoms in total. The molecule has 0 aliphatic heterocycles. The predicted octanol–water partition coefficient (Wildman–Crippen LogP) is 3.46. The van der Waals surface area contributed by atoms with Crippen LogP contribution in [0.2, 0.25) is 0 Å². The van der Waals surface area contributed by atoms with Crippen molar-refractivity contribution in [3.05, 3.63) is 31.8 Å². The summed E-state index contributed by atoms with van der Waals surface area (Å²) in [7, 11) is 0. The minimum atomic E-state index is 0.226. The molecule has 1 unspecified atom stereocenters. The number of halogens is 2. The van der Waals surface area contributed by atoms with Gasteiger partial charge in [0.25, 0.3) is 0 Å². The van der Waals surface area contributed by atoms with Gasteiger partial charge >= 0.3 is 0 Å². The van der Waals surface area contributed by atoms with Gasteiger partial charge in [-0.3, -0.25) is 0 Å². The summed E-state index contributed by atoms with van der Waals surface area (Å²) in [6.07, 6.45) is 2.58. The summed E-state index contributed by atoms with van der Waals surface area (Å²) in [6, 6.07) is 6.51. The Hall–Kier alpha value is 0.390. The molecular formula is C10H11BrIN. The van der Waals surface area contributed by atoms with E-state index in [9.17, 15) is 0 Å². The second-order valence-corrected chi connectivity index (χ2v) is 5.46. The first-order valence-electron chi connectivity index (χ1n) is 4.39. The molecule has 1 aliphatic rings. The fourth-order valence-corrected chi connectivity index (χ4v) is 2.53. The van der Waals surface area contributed by atoms with Crippen LogP contribution < -0.4 is 5.73 Å². The quantitative estimate of drug-likeness (QED) is 0.811. The van der Waals surface area contributed by atoms with E-state index in [-0.39, 0.29) is 6.04 Å². The van der Waals surface area contributed by atoms with Crippen LogP contribution in [0.4, 0.5) is 0 Å². The largest absolute Gasteiger partial charge is 0.324 e. The molecule has 0 amide bonds. The molecule has 1 saturated carbocycles. The van der Waals surface area contributed by atoms with E-state index in [0.29, 0.717) is 0 Å². The van der Waals surface area contributed by atoms with Gasteiger partial charge in [-0.05, 0) is 68.9 Å². The van der Waals surface area contributed by atoms with E-state index in [1.165, 1.54) is 26.4 Å². The molecule has 3 heteroatoms. The lowest BCUT2D eigenvalue weighted by atomic mass is 10.0. The highest BCUT2D eigenvalue weighted by atomic mass is 127. The van der Waals surface area contributed by atoms with Crippen LogP contribution in [0.25, 0.3) is 0 Å². The highest BCUT2D eigenvalue weighted by Gasteiger charge is 2.30. The Bertz CT molecular complexity index is 323. The number of rotatable bonds is 2. The van der Waals surface area contributed by atoms with E-state index in [4.69, 9.17) is 5.73 Å². The summed E-state index contributed by atoms with van der Waals surface area (Å²) in [6.45, 7) is 0. The lowest BCUT2D eigenvalue weighted by molar-refractivity contribution is 0.630. The maximum atomic E-state index is 6.14. The molecule has 2 rings (SSSR count). The van der Waals surface area contributed by atoms with Crippen LogP contribution >= 0.6 is 38.5 Å². The molecule has 0 heterocycles. The first kappa shape index (κ1) is 9.93. The van der Waals surface area contributed by atoms with Gasteiger partial charge in [0, 0.05) is 14.1 Å². The number of benzene rings is 1. The van der Waals surface area contributed by atoms with Crippen molar-refractivity contribution in [2.75, 3.05) is 0 Å². The summed E-state index contributed by atoms with van der Waals surface area (Å²) in [5.74, 6) is 0.717. The van der Waals surface area contributed by atoms with Crippen LogP contribution in [-0.2, 0) is 0 Å². The average Bonchev–Trinajstić information content (AvgIpc) is 2.91. The molecule has 0 radical (unpaired) electrons. The van der Waals surface area contributed by atoms with Gasteiger partial charge in [-0.2, -0.15) is 0 Å². The summed E-state index contributed by atoms with van der Waals surface area (Å²) in [5, 5.41) is 0. The molecule has 1 aromatic rings. The number of hydrogen-bond acceptors (Lipinski definition) is 1. The highest BCUT2D eigenvalue weighted by Crippen LogP contribution is 2.42. The van der Waals surface area contributed by atoms with Crippen LogP contribution in [0.15, 0.2) is 22.7 Å². The summed E-state index contributed by atoms with van der Waals surface area (Å²) in [4.78, 5) is 0. The third-order valence-electron chi connectivity index (χ3n) is 2.47. The van der Waals surface area contributed by atoms with E-state index in [1.54, 1.807) is 0 Å². The lowest BCUT2D eigenvalue weighted by Gasteiger charge is -2.13.